The standard InChI is InChI=1S/C29H39NO3/c1-26(2)21-12-14-28(26,5)23(31)19(21)16-30(25(33)18-10-8-7-9-11-18)17-20-22-13-15-29(6,24(20)32)27(22,3)4/h7-11,19-22H,12-17H2,1-6H3. The molecular formula is C29H39NO3. The van der Waals surface area contributed by atoms with Crippen LogP contribution >= 0.6 is 0 Å². The number of benzene rings is 1. The van der Waals surface area contributed by atoms with Gasteiger partial charge in [0, 0.05) is 41.3 Å². The molecule has 0 aliphatic heterocycles. The Bertz CT molecular complexity index is 955. The maximum Gasteiger partial charge on any atom is 0.253 e. The second-order valence-corrected chi connectivity index (χ2v) is 12.9. The summed E-state index contributed by atoms with van der Waals surface area (Å²) in [5, 5.41) is 0. The van der Waals surface area contributed by atoms with Crippen molar-refractivity contribution in [3.05, 3.63) is 35.9 Å². The van der Waals surface area contributed by atoms with Gasteiger partial charge in [-0.25, -0.2) is 0 Å². The summed E-state index contributed by atoms with van der Waals surface area (Å²) in [4.78, 5) is 42.8. The monoisotopic (exact) mass is 449 g/mol. The van der Waals surface area contributed by atoms with E-state index < -0.39 is 0 Å². The Morgan fingerprint density at radius 1 is 0.788 bits per heavy atom. The van der Waals surface area contributed by atoms with E-state index in [0.717, 1.165) is 25.7 Å². The second-order valence-electron chi connectivity index (χ2n) is 12.9. The van der Waals surface area contributed by atoms with Gasteiger partial charge in [0.2, 0.25) is 0 Å². The van der Waals surface area contributed by atoms with Gasteiger partial charge in [-0.05, 0) is 60.5 Å². The lowest BCUT2D eigenvalue weighted by atomic mass is 9.70. The molecule has 4 bridgehead atoms. The van der Waals surface area contributed by atoms with Gasteiger partial charge < -0.3 is 4.90 Å². The largest absolute Gasteiger partial charge is 0.337 e. The van der Waals surface area contributed by atoms with Gasteiger partial charge >= 0.3 is 0 Å². The number of carbonyl (C=O) groups excluding carboxylic acids is 3. The Hall–Kier alpha value is -1.97. The number of fused-ring (bicyclic) bond motifs is 4. The van der Waals surface area contributed by atoms with E-state index >= 15 is 0 Å². The van der Waals surface area contributed by atoms with E-state index in [1.807, 2.05) is 35.2 Å². The van der Waals surface area contributed by atoms with Crippen molar-refractivity contribution in [3.63, 3.8) is 0 Å². The highest BCUT2D eigenvalue weighted by atomic mass is 16.2. The minimum absolute atomic E-state index is 0.0477. The van der Waals surface area contributed by atoms with Crippen molar-refractivity contribution in [2.24, 2.45) is 45.3 Å². The highest BCUT2D eigenvalue weighted by Crippen LogP contribution is 2.67. The van der Waals surface area contributed by atoms with Crippen LogP contribution in [0.15, 0.2) is 30.3 Å². The summed E-state index contributed by atoms with van der Waals surface area (Å²) >= 11 is 0. The predicted octanol–water partition coefficient (Wildman–Crippen LogP) is 5.41. The molecular weight excluding hydrogens is 410 g/mol. The minimum atomic E-state index is -0.304. The van der Waals surface area contributed by atoms with Crippen LogP contribution in [-0.2, 0) is 9.59 Å². The molecule has 0 aromatic heterocycles. The third-order valence-electron chi connectivity index (χ3n) is 11.5. The van der Waals surface area contributed by atoms with E-state index in [0.29, 0.717) is 42.1 Å². The summed E-state index contributed by atoms with van der Waals surface area (Å²) in [6.07, 6.45) is 3.98. The molecule has 4 aliphatic rings. The van der Waals surface area contributed by atoms with Crippen molar-refractivity contribution in [3.8, 4) is 0 Å². The normalized spacial score (nSPS) is 39.9. The minimum Gasteiger partial charge on any atom is -0.337 e. The molecule has 4 aliphatic carbocycles. The summed E-state index contributed by atoms with van der Waals surface area (Å²) in [6.45, 7) is 14.0. The molecule has 4 saturated carbocycles. The van der Waals surface area contributed by atoms with Gasteiger partial charge in [0.25, 0.3) is 5.91 Å². The summed E-state index contributed by atoms with van der Waals surface area (Å²) in [5.74, 6) is 0.916. The first-order valence-electron chi connectivity index (χ1n) is 12.8. The molecule has 0 radical (unpaired) electrons. The van der Waals surface area contributed by atoms with Crippen molar-refractivity contribution < 1.29 is 14.4 Å². The molecule has 4 fully saturated rings. The molecule has 1 aromatic carbocycles. The number of Topliss-reactive ketones (excluding diaryl/α,β-unsaturated/α-hetero) is 2. The van der Waals surface area contributed by atoms with E-state index in [2.05, 4.69) is 41.5 Å². The van der Waals surface area contributed by atoms with Crippen molar-refractivity contribution in [1.29, 1.82) is 0 Å². The Kier molecular flexibility index (Phi) is 4.85. The van der Waals surface area contributed by atoms with Gasteiger partial charge in [0.15, 0.2) is 0 Å². The lowest BCUT2D eigenvalue weighted by Crippen LogP contribution is -2.46. The fourth-order valence-electron chi connectivity index (χ4n) is 8.45. The quantitative estimate of drug-likeness (QED) is 0.604. The average molecular weight is 450 g/mol. The van der Waals surface area contributed by atoms with Crippen molar-refractivity contribution in [1.82, 2.24) is 4.90 Å². The Morgan fingerprint density at radius 2 is 1.21 bits per heavy atom. The van der Waals surface area contributed by atoms with Crippen LogP contribution in [0.5, 0.6) is 0 Å². The van der Waals surface area contributed by atoms with Crippen molar-refractivity contribution in [2.45, 2.75) is 67.2 Å². The van der Waals surface area contributed by atoms with Crippen LogP contribution in [0.1, 0.15) is 77.6 Å². The first-order chi connectivity index (χ1) is 15.4. The molecule has 0 heterocycles. The average Bonchev–Trinajstić information content (AvgIpc) is 3.26. The lowest BCUT2D eigenvalue weighted by Gasteiger charge is -2.34. The third-order valence-corrected chi connectivity index (χ3v) is 11.5. The van der Waals surface area contributed by atoms with Crippen molar-refractivity contribution in [2.75, 3.05) is 13.1 Å². The first-order valence-corrected chi connectivity index (χ1v) is 12.8. The fraction of sp³-hybridized carbons (Fsp3) is 0.690. The van der Waals surface area contributed by atoms with E-state index in [4.69, 9.17) is 0 Å². The maximum atomic E-state index is 13.7. The maximum absolute atomic E-state index is 13.7. The zero-order chi connectivity index (χ0) is 24.0. The van der Waals surface area contributed by atoms with Gasteiger partial charge in [-0.3, -0.25) is 14.4 Å². The van der Waals surface area contributed by atoms with Gasteiger partial charge in [-0.2, -0.15) is 0 Å². The van der Waals surface area contributed by atoms with Gasteiger partial charge in [0.1, 0.15) is 11.6 Å². The molecule has 1 aromatic rings. The van der Waals surface area contributed by atoms with E-state index in [1.165, 1.54) is 0 Å². The molecule has 4 heteroatoms. The van der Waals surface area contributed by atoms with Gasteiger partial charge in [-0.15, -0.1) is 0 Å². The van der Waals surface area contributed by atoms with Crippen molar-refractivity contribution >= 4 is 17.5 Å². The molecule has 0 saturated heterocycles. The number of hydrogen-bond donors (Lipinski definition) is 0. The lowest BCUT2D eigenvalue weighted by molar-refractivity contribution is -0.132. The van der Waals surface area contributed by atoms with Crippen LogP contribution in [0.2, 0.25) is 0 Å². The zero-order valence-corrected chi connectivity index (χ0v) is 21.1. The smallest absolute Gasteiger partial charge is 0.253 e. The van der Waals surface area contributed by atoms with Crippen LogP contribution < -0.4 is 0 Å². The molecule has 6 unspecified atom stereocenters. The molecule has 178 valence electrons. The summed E-state index contributed by atoms with van der Waals surface area (Å²) in [7, 11) is 0. The Morgan fingerprint density at radius 3 is 1.58 bits per heavy atom. The zero-order valence-electron chi connectivity index (χ0n) is 21.1. The van der Waals surface area contributed by atoms with E-state index in [-0.39, 0.29) is 39.4 Å². The summed E-state index contributed by atoms with van der Waals surface area (Å²) < 4.78 is 0. The number of amides is 1. The highest BCUT2D eigenvalue weighted by molar-refractivity contribution is 5.97. The van der Waals surface area contributed by atoms with Crippen LogP contribution in [0.3, 0.4) is 0 Å². The predicted molar refractivity (Wildman–Crippen MR) is 129 cm³/mol. The molecule has 0 spiro atoms. The molecule has 33 heavy (non-hydrogen) atoms. The number of ketones is 2. The highest BCUT2D eigenvalue weighted by Gasteiger charge is 2.68. The van der Waals surface area contributed by atoms with Crippen LogP contribution in [0.25, 0.3) is 0 Å². The molecule has 5 rings (SSSR count). The van der Waals surface area contributed by atoms with Gasteiger partial charge in [-0.1, -0.05) is 59.7 Å². The van der Waals surface area contributed by atoms with E-state index in [1.54, 1.807) is 0 Å². The number of rotatable bonds is 5. The summed E-state index contributed by atoms with van der Waals surface area (Å²) in [6, 6.07) is 9.36. The summed E-state index contributed by atoms with van der Waals surface area (Å²) in [5.41, 5.74) is -0.0649. The molecule has 1 amide bonds. The number of carbonyl (C=O) groups is 3. The van der Waals surface area contributed by atoms with Crippen LogP contribution in [-0.4, -0.2) is 35.5 Å². The molecule has 6 atom stereocenters. The Labute approximate surface area is 198 Å². The molecule has 4 nitrogen and oxygen atoms in total. The Balaban J connectivity index is 1.46. The van der Waals surface area contributed by atoms with E-state index in [9.17, 15) is 14.4 Å². The molecule has 0 N–H and O–H groups in total. The van der Waals surface area contributed by atoms with Crippen LogP contribution in [0.4, 0.5) is 0 Å². The SMILES string of the molecule is CC12CCC(C(CN(CC3C(=O)C4(C)CCC3C4(C)C)C(=O)c3ccccc3)C1=O)C2(C)C. The number of nitrogens with zero attached hydrogens (tertiary/aromatic N) is 1. The van der Waals surface area contributed by atoms with Crippen LogP contribution in [0, 0.1) is 45.3 Å². The fourth-order valence-corrected chi connectivity index (χ4v) is 8.45. The second kappa shape index (κ2) is 7.02. The third kappa shape index (κ3) is 2.79. The van der Waals surface area contributed by atoms with Gasteiger partial charge in [0.05, 0.1) is 0 Å². The first kappa shape index (κ1) is 22.8. The topological polar surface area (TPSA) is 54.5 Å². The number of hydrogen-bond acceptors (Lipinski definition) is 3.